The average Bonchev–Trinajstić information content (AvgIpc) is 1.94. The van der Waals surface area contributed by atoms with Crippen molar-refractivity contribution in [1.82, 2.24) is 0 Å². The van der Waals surface area contributed by atoms with Gasteiger partial charge in [-0.05, 0) is 25.2 Å². The van der Waals surface area contributed by atoms with Gasteiger partial charge in [0.15, 0.2) is 0 Å². The molecule has 1 saturated carbocycles. The van der Waals surface area contributed by atoms with Crippen LogP contribution in [0, 0.1) is 5.92 Å². The van der Waals surface area contributed by atoms with Crippen molar-refractivity contribution >= 4 is 0 Å². The van der Waals surface area contributed by atoms with Crippen molar-refractivity contribution in [2.45, 2.75) is 51.6 Å². The van der Waals surface area contributed by atoms with Gasteiger partial charge < -0.3 is 5.11 Å². The molecule has 0 radical (unpaired) electrons. The molecule has 1 nitrogen and oxygen atoms in total. The van der Waals surface area contributed by atoms with Gasteiger partial charge in [-0.25, -0.2) is 0 Å². The molecule has 1 aliphatic rings. The Kier molecular flexibility index (Phi) is 3.20. The second-order valence-electron chi connectivity index (χ2n) is 3.40. The fraction of sp³-hybridized carbons (Fsp3) is 1.00. The van der Waals surface area contributed by atoms with Gasteiger partial charge in [-0.15, -0.1) is 0 Å². The Hall–Kier alpha value is -0.0400. The van der Waals surface area contributed by atoms with Crippen molar-refractivity contribution in [2.24, 2.45) is 5.92 Å². The van der Waals surface area contributed by atoms with E-state index in [1.54, 1.807) is 0 Å². The van der Waals surface area contributed by atoms with Crippen molar-refractivity contribution in [3.05, 3.63) is 0 Å². The zero-order chi connectivity index (χ0) is 7.40. The molecule has 1 aliphatic carbocycles. The Morgan fingerprint density at radius 2 is 2.00 bits per heavy atom. The predicted octanol–water partition coefficient (Wildman–Crippen LogP) is 2.34. The summed E-state index contributed by atoms with van der Waals surface area (Å²) in [7, 11) is 0. The quantitative estimate of drug-likeness (QED) is 0.627. The molecule has 0 aromatic heterocycles. The molecule has 60 valence electrons. The largest absolute Gasteiger partial charge is 0.393 e. The van der Waals surface area contributed by atoms with Gasteiger partial charge in [0.25, 0.3) is 0 Å². The fourth-order valence-corrected chi connectivity index (χ4v) is 1.90. The molecule has 1 N–H and O–H groups in total. The summed E-state index contributed by atoms with van der Waals surface area (Å²) in [6.07, 6.45) is 7.35. The van der Waals surface area contributed by atoms with Gasteiger partial charge in [-0.2, -0.15) is 0 Å². The van der Waals surface area contributed by atoms with Crippen molar-refractivity contribution in [1.29, 1.82) is 0 Å². The molecule has 0 spiro atoms. The van der Waals surface area contributed by atoms with E-state index in [2.05, 4.69) is 6.92 Å². The molecule has 2 atom stereocenters. The molecular weight excluding hydrogens is 124 g/mol. The summed E-state index contributed by atoms with van der Waals surface area (Å²) >= 11 is 0. The van der Waals surface area contributed by atoms with E-state index in [4.69, 9.17) is 0 Å². The lowest BCUT2D eigenvalue weighted by molar-refractivity contribution is 0.0650. The van der Waals surface area contributed by atoms with Crippen LogP contribution in [0.5, 0.6) is 0 Å². The lowest BCUT2D eigenvalue weighted by Crippen LogP contribution is -2.23. The first-order valence-corrected chi connectivity index (χ1v) is 4.52. The van der Waals surface area contributed by atoms with E-state index in [1.807, 2.05) is 0 Å². The Bertz CT molecular complexity index is 88.7. The lowest BCUT2D eigenvalue weighted by atomic mass is 9.84. The normalized spacial score (nSPS) is 34.2. The molecule has 0 aromatic rings. The van der Waals surface area contributed by atoms with Crippen LogP contribution >= 0.6 is 0 Å². The zero-order valence-electron chi connectivity index (χ0n) is 6.84. The maximum atomic E-state index is 9.50. The maximum absolute atomic E-state index is 9.50. The van der Waals surface area contributed by atoms with Crippen LogP contribution in [0.1, 0.15) is 45.4 Å². The van der Waals surface area contributed by atoms with Crippen LogP contribution < -0.4 is 0 Å². The molecule has 0 heterocycles. The van der Waals surface area contributed by atoms with Crippen molar-refractivity contribution in [3.8, 4) is 0 Å². The minimum atomic E-state index is 0.0219. The minimum Gasteiger partial charge on any atom is -0.393 e. The maximum Gasteiger partial charge on any atom is 0.0568 e. The third-order valence-corrected chi connectivity index (χ3v) is 2.53. The van der Waals surface area contributed by atoms with Crippen LogP contribution in [0.4, 0.5) is 0 Å². The van der Waals surface area contributed by atoms with Crippen LogP contribution in [0.2, 0.25) is 0 Å². The van der Waals surface area contributed by atoms with E-state index in [9.17, 15) is 5.11 Å². The van der Waals surface area contributed by atoms with Gasteiger partial charge in [0, 0.05) is 0 Å². The smallest absolute Gasteiger partial charge is 0.0568 e. The van der Waals surface area contributed by atoms with E-state index in [0.29, 0.717) is 5.92 Å². The third-order valence-electron chi connectivity index (χ3n) is 2.53. The number of aliphatic hydroxyl groups is 1. The summed E-state index contributed by atoms with van der Waals surface area (Å²) in [4.78, 5) is 0. The van der Waals surface area contributed by atoms with Crippen LogP contribution in [-0.2, 0) is 0 Å². The molecule has 0 aromatic carbocycles. The van der Waals surface area contributed by atoms with Crippen LogP contribution in [0.15, 0.2) is 0 Å². The van der Waals surface area contributed by atoms with Crippen molar-refractivity contribution in [2.75, 3.05) is 0 Å². The van der Waals surface area contributed by atoms with Gasteiger partial charge in [0.05, 0.1) is 6.10 Å². The first kappa shape index (κ1) is 8.06. The Balaban J connectivity index is 2.25. The van der Waals surface area contributed by atoms with Gasteiger partial charge >= 0.3 is 0 Å². The standard InChI is InChI=1S/C9H18O/c1-2-5-8-6-3-4-7-9(8)10/h8-10H,2-7H2,1H3/t8-,9-/m0/s1. The highest BCUT2D eigenvalue weighted by Crippen LogP contribution is 2.27. The van der Waals surface area contributed by atoms with E-state index >= 15 is 0 Å². The Labute approximate surface area is 63.4 Å². The number of hydrogen-bond donors (Lipinski definition) is 1. The number of rotatable bonds is 2. The first-order valence-electron chi connectivity index (χ1n) is 4.52. The minimum absolute atomic E-state index is 0.0219. The molecule has 10 heavy (non-hydrogen) atoms. The fourth-order valence-electron chi connectivity index (χ4n) is 1.90. The second-order valence-corrected chi connectivity index (χ2v) is 3.40. The van der Waals surface area contributed by atoms with Crippen LogP contribution in [0.3, 0.4) is 0 Å². The zero-order valence-corrected chi connectivity index (χ0v) is 6.84. The summed E-state index contributed by atoms with van der Waals surface area (Å²) < 4.78 is 0. The molecular formula is C9H18O. The molecule has 0 bridgehead atoms. The molecule has 1 heteroatoms. The molecule has 0 saturated heterocycles. The Morgan fingerprint density at radius 1 is 1.30 bits per heavy atom. The summed E-state index contributed by atoms with van der Waals surface area (Å²) in [5.41, 5.74) is 0. The van der Waals surface area contributed by atoms with Gasteiger partial charge in [0.1, 0.15) is 0 Å². The van der Waals surface area contributed by atoms with Crippen molar-refractivity contribution in [3.63, 3.8) is 0 Å². The monoisotopic (exact) mass is 142 g/mol. The first-order chi connectivity index (χ1) is 4.84. The predicted molar refractivity (Wildman–Crippen MR) is 42.9 cm³/mol. The number of hydrogen-bond acceptors (Lipinski definition) is 1. The summed E-state index contributed by atoms with van der Waals surface area (Å²) in [6.45, 7) is 2.20. The summed E-state index contributed by atoms with van der Waals surface area (Å²) in [6, 6.07) is 0. The topological polar surface area (TPSA) is 20.2 Å². The highest BCUT2D eigenvalue weighted by Gasteiger charge is 2.21. The summed E-state index contributed by atoms with van der Waals surface area (Å²) in [5.74, 6) is 0.624. The molecule has 0 aliphatic heterocycles. The highest BCUT2D eigenvalue weighted by atomic mass is 16.3. The van der Waals surface area contributed by atoms with Gasteiger partial charge in [0.2, 0.25) is 0 Å². The molecule has 0 unspecified atom stereocenters. The Morgan fingerprint density at radius 3 is 2.60 bits per heavy atom. The van der Waals surface area contributed by atoms with Gasteiger partial charge in [-0.1, -0.05) is 26.2 Å². The lowest BCUT2D eigenvalue weighted by Gasteiger charge is -2.26. The average molecular weight is 142 g/mol. The van der Waals surface area contributed by atoms with E-state index < -0.39 is 0 Å². The van der Waals surface area contributed by atoms with E-state index in [1.165, 1.54) is 32.1 Å². The van der Waals surface area contributed by atoms with E-state index in [-0.39, 0.29) is 6.10 Å². The molecule has 1 rings (SSSR count). The second kappa shape index (κ2) is 3.97. The molecule has 1 fully saturated rings. The molecule has 0 amide bonds. The van der Waals surface area contributed by atoms with E-state index in [0.717, 1.165) is 6.42 Å². The number of aliphatic hydroxyl groups excluding tert-OH is 1. The highest BCUT2D eigenvalue weighted by molar-refractivity contribution is 4.73. The van der Waals surface area contributed by atoms with Crippen molar-refractivity contribution < 1.29 is 5.11 Å². The van der Waals surface area contributed by atoms with Crippen LogP contribution in [-0.4, -0.2) is 11.2 Å². The van der Waals surface area contributed by atoms with Crippen LogP contribution in [0.25, 0.3) is 0 Å². The third kappa shape index (κ3) is 1.98. The SMILES string of the molecule is CCC[C@H]1CCCC[C@@H]1O. The van der Waals surface area contributed by atoms with Gasteiger partial charge in [-0.3, -0.25) is 0 Å². The summed E-state index contributed by atoms with van der Waals surface area (Å²) in [5, 5.41) is 9.50.